The number of nitrogens with zero attached hydrogens (tertiary/aromatic N) is 1. The van der Waals surface area contributed by atoms with E-state index in [1.807, 2.05) is 6.92 Å². The molecule has 1 aromatic rings. The molecule has 1 heterocycles. The van der Waals surface area contributed by atoms with Crippen LogP contribution in [-0.2, 0) is 10.0 Å². The lowest BCUT2D eigenvalue weighted by Gasteiger charge is -2.36. The summed E-state index contributed by atoms with van der Waals surface area (Å²) in [6.45, 7) is 2.31. The zero-order chi connectivity index (χ0) is 14.0. The molecule has 0 saturated heterocycles. The molecule has 1 aromatic heterocycles. The standard InChI is InChI=1S/C12H17Cl2NO2S2/c1-9-8-11(18-12(9)14)19(16,17)15(7-3-6-13)10-4-2-5-10/h8,10H,2-7H2,1H3. The van der Waals surface area contributed by atoms with E-state index in [9.17, 15) is 8.42 Å². The number of alkyl halides is 1. The van der Waals surface area contributed by atoms with E-state index in [0.29, 0.717) is 27.4 Å². The monoisotopic (exact) mass is 341 g/mol. The third-order valence-electron chi connectivity index (χ3n) is 3.39. The van der Waals surface area contributed by atoms with Crippen molar-refractivity contribution in [3.8, 4) is 0 Å². The van der Waals surface area contributed by atoms with Gasteiger partial charge in [0.15, 0.2) is 0 Å². The Balaban J connectivity index is 2.27. The van der Waals surface area contributed by atoms with E-state index < -0.39 is 10.0 Å². The molecule has 0 atom stereocenters. The van der Waals surface area contributed by atoms with Crippen LogP contribution in [0.15, 0.2) is 10.3 Å². The highest BCUT2D eigenvalue weighted by Gasteiger charge is 2.35. The van der Waals surface area contributed by atoms with Crippen LogP contribution in [0.3, 0.4) is 0 Å². The van der Waals surface area contributed by atoms with Gasteiger partial charge in [-0.15, -0.1) is 22.9 Å². The maximum atomic E-state index is 12.7. The second kappa shape index (κ2) is 6.31. The first-order valence-electron chi connectivity index (χ1n) is 6.30. The predicted octanol–water partition coefficient (Wildman–Crippen LogP) is 3.88. The van der Waals surface area contributed by atoms with Crippen molar-refractivity contribution in [3.63, 3.8) is 0 Å². The van der Waals surface area contributed by atoms with Gasteiger partial charge in [0.05, 0.1) is 4.34 Å². The van der Waals surface area contributed by atoms with Crippen LogP contribution in [-0.4, -0.2) is 31.2 Å². The fourth-order valence-corrected chi connectivity index (χ4v) is 5.74. The summed E-state index contributed by atoms with van der Waals surface area (Å²) in [7, 11) is -3.43. The lowest BCUT2D eigenvalue weighted by atomic mass is 9.93. The van der Waals surface area contributed by atoms with Gasteiger partial charge < -0.3 is 0 Å². The molecule has 0 spiro atoms. The first-order valence-corrected chi connectivity index (χ1v) is 9.47. The van der Waals surface area contributed by atoms with E-state index in [0.717, 1.165) is 36.2 Å². The van der Waals surface area contributed by atoms with Crippen molar-refractivity contribution in [1.82, 2.24) is 4.31 Å². The summed E-state index contributed by atoms with van der Waals surface area (Å²) in [5.41, 5.74) is 0.816. The third-order valence-corrected chi connectivity index (χ3v) is 7.62. The summed E-state index contributed by atoms with van der Waals surface area (Å²) in [6, 6.07) is 1.80. The quantitative estimate of drug-likeness (QED) is 0.736. The minimum atomic E-state index is -3.43. The Morgan fingerprint density at radius 3 is 2.58 bits per heavy atom. The van der Waals surface area contributed by atoms with Gasteiger partial charge in [-0.05, 0) is 37.8 Å². The van der Waals surface area contributed by atoms with Gasteiger partial charge in [0.2, 0.25) is 0 Å². The first-order chi connectivity index (χ1) is 8.96. The molecular weight excluding hydrogens is 325 g/mol. The summed E-state index contributed by atoms with van der Waals surface area (Å²) in [4.78, 5) is 0. The number of aryl methyl sites for hydroxylation is 1. The highest BCUT2D eigenvalue weighted by atomic mass is 35.5. The van der Waals surface area contributed by atoms with Crippen LogP contribution in [0.1, 0.15) is 31.2 Å². The Labute approximate surface area is 128 Å². The minimum Gasteiger partial charge on any atom is -0.206 e. The molecular formula is C12H17Cl2NO2S2. The lowest BCUT2D eigenvalue weighted by molar-refractivity contribution is 0.220. The van der Waals surface area contributed by atoms with Gasteiger partial charge in [0.25, 0.3) is 10.0 Å². The average Bonchev–Trinajstić information content (AvgIpc) is 2.63. The van der Waals surface area contributed by atoms with Gasteiger partial charge >= 0.3 is 0 Å². The highest BCUT2D eigenvalue weighted by molar-refractivity contribution is 7.91. The molecule has 0 radical (unpaired) electrons. The smallest absolute Gasteiger partial charge is 0.206 e. The van der Waals surface area contributed by atoms with Gasteiger partial charge in [0.1, 0.15) is 4.21 Å². The first kappa shape index (κ1) is 15.6. The van der Waals surface area contributed by atoms with Crippen LogP contribution in [0.5, 0.6) is 0 Å². The van der Waals surface area contributed by atoms with Gasteiger partial charge in [-0.25, -0.2) is 8.42 Å². The average molecular weight is 342 g/mol. The Bertz CT molecular complexity index is 518. The van der Waals surface area contributed by atoms with Gasteiger partial charge in [0, 0.05) is 18.5 Å². The summed E-state index contributed by atoms with van der Waals surface area (Å²) in [5.74, 6) is 0.475. The van der Waals surface area contributed by atoms with Crippen LogP contribution in [0.2, 0.25) is 4.34 Å². The molecule has 3 nitrogen and oxygen atoms in total. The van der Waals surface area contributed by atoms with E-state index in [4.69, 9.17) is 23.2 Å². The lowest BCUT2D eigenvalue weighted by Crippen LogP contribution is -2.44. The summed E-state index contributed by atoms with van der Waals surface area (Å²) in [5, 5.41) is 0. The summed E-state index contributed by atoms with van der Waals surface area (Å²) < 4.78 is 27.8. The highest BCUT2D eigenvalue weighted by Crippen LogP contribution is 2.35. The minimum absolute atomic E-state index is 0.134. The molecule has 7 heteroatoms. The fourth-order valence-electron chi connectivity index (χ4n) is 2.06. The largest absolute Gasteiger partial charge is 0.252 e. The van der Waals surface area contributed by atoms with Crippen LogP contribution < -0.4 is 0 Å². The van der Waals surface area contributed by atoms with E-state index in [1.54, 1.807) is 10.4 Å². The van der Waals surface area contributed by atoms with Gasteiger partial charge in [-0.2, -0.15) is 4.31 Å². The van der Waals surface area contributed by atoms with Gasteiger partial charge in [-0.1, -0.05) is 18.0 Å². The van der Waals surface area contributed by atoms with E-state index in [2.05, 4.69) is 0 Å². The molecule has 1 fully saturated rings. The van der Waals surface area contributed by atoms with E-state index in [1.165, 1.54) is 0 Å². The molecule has 1 saturated carbocycles. The zero-order valence-corrected chi connectivity index (χ0v) is 13.9. The molecule has 1 aliphatic rings. The van der Waals surface area contributed by atoms with Crippen molar-refractivity contribution in [3.05, 3.63) is 16.0 Å². The van der Waals surface area contributed by atoms with Gasteiger partial charge in [-0.3, -0.25) is 0 Å². The van der Waals surface area contributed by atoms with Crippen molar-refractivity contribution in [2.45, 2.75) is 42.9 Å². The fraction of sp³-hybridized carbons (Fsp3) is 0.667. The van der Waals surface area contributed by atoms with Crippen LogP contribution in [0.25, 0.3) is 0 Å². The number of sulfonamides is 1. The predicted molar refractivity (Wildman–Crippen MR) is 80.9 cm³/mol. The van der Waals surface area contributed by atoms with E-state index in [-0.39, 0.29) is 6.04 Å². The SMILES string of the molecule is Cc1cc(S(=O)(=O)N(CCCCl)C2CCC2)sc1Cl. The molecule has 108 valence electrons. The van der Waals surface area contributed by atoms with Crippen LogP contribution >= 0.6 is 34.5 Å². The summed E-state index contributed by atoms with van der Waals surface area (Å²) >= 11 is 12.8. The number of halogens is 2. The number of thiophene rings is 1. The zero-order valence-electron chi connectivity index (χ0n) is 10.7. The molecule has 19 heavy (non-hydrogen) atoms. The Kier molecular flexibility index (Phi) is 5.17. The second-order valence-corrected chi connectivity index (χ2v) is 8.91. The molecule has 0 aliphatic heterocycles. The Hall–Kier alpha value is 0.190. The topological polar surface area (TPSA) is 37.4 Å². The van der Waals surface area contributed by atoms with Crippen molar-refractivity contribution in [1.29, 1.82) is 0 Å². The Morgan fingerprint density at radius 1 is 1.47 bits per heavy atom. The summed E-state index contributed by atoms with van der Waals surface area (Å²) in [6.07, 6.45) is 3.66. The maximum absolute atomic E-state index is 12.7. The molecule has 1 aliphatic carbocycles. The van der Waals surface area contributed by atoms with Crippen molar-refractivity contribution >= 4 is 44.6 Å². The van der Waals surface area contributed by atoms with Crippen molar-refractivity contribution in [2.24, 2.45) is 0 Å². The molecule has 0 amide bonds. The second-order valence-electron chi connectivity index (χ2n) is 4.77. The third kappa shape index (κ3) is 3.27. The molecule has 0 unspecified atom stereocenters. The molecule has 0 bridgehead atoms. The number of rotatable bonds is 6. The molecule has 0 N–H and O–H groups in total. The number of hydrogen-bond donors (Lipinski definition) is 0. The van der Waals surface area contributed by atoms with Crippen LogP contribution in [0, 0.1) is 6.92 Å². The van der Waals surface area contributed by atoms with Crippen LogP contribution in [0.4, 0.5) is 0 Å². The Morgan fingerprint density at radius 2 is 2.16 bits per heavy atom. The normalized spacial score (nSPS) is 16.8. The number of hydrogen-bond acceptors (Lipinski definition) is 3. The van der Waals surface area contributed by atoms with Crippen molar-refractivity contribution < 1.29 is 8.42 Å². The van der Waals surface area contributed by atoms with Crippen molar-refractivity contribution in [2.75, 3.05) is 12.4 Å². The maximum Gasteiger partial charge on any atom is 0.252 e. The molecule has 2 rings (SSSR count). The van der Waals surface area contributed by atoms with E-state index >= 15 is 0 Å². The molecule has 0 aromatic carbocycles.